The van der Waals surface area contributed by atoms with Crippen LogP contribution < -0.4 is 5.32 Å². The topological polar surface area (TPSA) is 24.9 Å². The molecule has 0 radical (unpaired) electrons. The number of nitrogens with one attached hydrogen (secondary N) is 1. The second kappa shape index (κ2) is 5.77. The summed E-state index contributed by atoms with van der Waals surface area (Å²) in [4.78, 5) is 5.93. The first-order valence-corrected chi connectivity index (χ1v) is 8.28. The Balaban J connectivity index is 1.76. The average Bonchev–Trinajstić information content (AvgIpc) is 3.06. The van der Waals surface area contributed by atoms with Crippen molar-refractivity contribution >= 4 is 28.4 Å². The monoisotopic (exact) mass is 300 g/mol. The van der Waals surface area contributed by atoms with Crippen LogP contribution in [0.3, 0.4) is 0 Å². The quantitative estimate of drug-likeness (QED) is 0.725. The second-order valence-corrected chi connectivity index (χ2v) is 6.78. The molecule has 0 amide bonds. The van der Waals surface area contributed by atoms with E-state index in [-0.39, 0.29) is 0 Å². The van der Waals surface area contributed by atoms with Gasteiger partial charge in [0.15, 0.2) is 0 Å². The predicted octanol–water partition coefficient (Wildman–Crippen LogP) is 5.10. The zero-order valence-corrected chi connectivity index (χ0v) is 13.1. The standard InChI is InChI=1S/C16H16N2S2/c1-11-6-7-19-16(11)9-17-14-5-3-4-13(8-14)15-10-20-12(2)18-15/h3-8,10,17H,9H2,1-2H3. The first-order chi connectivity index (χ1) is 9.72. The number of thiazole rings is 1. The fourth-order valence-electron chi connectivity index (χ4n) is 2.05. The number of aromatic nitrogens is 1. The molecular formula is C16H16N2S2. The Bertz CT molecular complexity index is 713. The fourth-order valence-corrected chi connectivity index (χ4v) is 3.52. The highest BCUT2D eigenvalue weighted by Gasteiger charge is 2.04. The number of thiophene rings is 1. The van der Waals surface area contributed by atoms with Crippen LogP contribution in [0.1, 0.15) is 15.4 Å². The molecule has 0 saturated heterocycles. The second-order valence-electron chi connectivity index (χ2n) is 4.71. The number of hydrogen-bond donors (Lipinski definition) is 1. The van der Waals surface area contributed by atoms with Gasteiger partial charge in [0.05, 0.1) is 10.7 Å². The highest BCUT2D eigenvalue weighted by Crippen LogP contribution is 2.25. The van der Waals surface area contributed by atoms with E-state index in [1.54, 1.807) is 22.7 Å². The van der Waals surface area contributed by atoms with Crippen LogP contribution in [-0.4, -0.2) is 4.98 Å². The van der Waals surface area contributed by atoms with E-state index in [9.17, 15) is 0 Å². The Kier molecular flexibility index (Phi) is 3.85. The molecule has 1 aromatic carbocycles. The summed E-state index contributed by atoms with van der Waals surface area (Å²) in [5.74, 6) is 0. The SMILES string of the molecule is Cc1nc(-c2cccc(NCc3sccc3C)c2)cs1. The molecule has 0 bridgehead atoms. The van der Waals surface area contributed by atoms with E-state index in [1.165, 1.54) is 16.0 Å². The molecule has 0 aliphatic heterocycles. The molecular weight excluding hydrogens is 284 g/mol. The van der Waals surface area contributed by atoms with Crippen LogP contribution >= 0.6 is 22.7 Å². The van der Waals surface area contributed by atoms with E-state index >= 15 is 0 Å². The van der Waals surface area contributed by atoms with Crippen LogP contribution in [0, 0.1) is 13.8 Å². The molecule has 0 saturated carbocycles. The summed E-state index contributed by atoms with van der Waals surface area (Å²) < 4.78 is 0. The van der Waals surface area contributed by atoms with Crippen molar-refractivity contribution < 1.29 is 0 Å². The molecule has 0 spiro atoms. The van der Waals surface area contributed by atoms with Crippen LogP contribution in [0.25, 0.3) is 11.3 Å². The molecule has 0 fully saturated rings. The molecule has 0 aliphatic rings. The summed E-state index contributed by atoms with van der Waals surface area (Å²) in [5.41, 5.74) is 4.72. The molecule has 1 N–H and O–H groups in total. The van der Waals surface area contributed by atoms with Crippen molar-refractivity contribution in [1.29, 1.82) is 0 Å². The highest BCUT2D eigenvalue weighted by molar-refractivity contribution is 7.10. The third kappa shape index (κ3) is 2.92. The minimum absolute atomic E-state index is 0.878. The molecule has 0 atom stereocenters. The first kappa shape index (κ1) is 13.3. The lowest BCUT2D eigenvalue weighted by molar-refractivity contribution is 1.17. The van der Waals surface area contributed by atoms with Crippen LogP contribution in [0.4, 0.5) is 5.69 Å². The maximum Gasteiger partial charge on any atom is 0.0901 e. The van der Waals surface area contributed by atoms with Gasteiger partial charge in [0, 0.05) is 28.1 Å². The van der Waals surface area contributed by atoms with Crippen molar-refractivity contribution in [2.24, 2.45) is 0 Å². The normalized spacial score (nSPS) is 10.7. The van der Waals surface area contributed by atoms with Gasteiger partial charge in [0.1, 0.15) is 0 Å². The Labute approximate surface area is 127 Å². The van der Waals surface area contributed by atoms with Crippen molar-refractivity contribution in [3.8, 4) is 11.3 Å². The third-order valence-electron chi connectivity index (χ3n) is 3.20. The van der Waals surface area contributed by atoms with E-state index in [2.05, 4.69) is 58.3 Å². The first-order valence-electron chi connectivity index (χ1n) is 6.52. The van der Waals surface area contributed by atoms with Crippen molar-refractivity contribution in [2.45, 2.75) is 20.4 Å². The summed E-state index contributed by atoms with van der Waals surface area (Å²) in [6.07, 6.45) is 0. The van der Waals surface area contributed by atoms with Gasteiger partial charge in [-0.2, -0.15) is 0 Å². The van der Waals surface area contributed by atoms with Crippen molar-refractivity contribution in [2.75, 3.05) is 5.32 Å². The smallest absolute Gasteiger partial charge is 0.0901 e. The summed E-state index contributed by atoms with van der Waals surface area (Å²) in [6, 6.07) is 10.6. The molecule has 3 rings (SSSR count). The Hall–Kier alpha value is -1.65. The molecule has 3 aromatic rings. The molecule has 102 valence electrons. The minimum atomic E-state index is 0.878. The van der Waals surface area contributed by atoms with E-state index < -0.39 is 0 Å². The maximum absolute atomic E-state index is 4.54. The Morgan fingerprint density at radius 2 is 2.05 bits per heavy atom. The van der Waals surface area contributed by atoms with Crippen LogP contribution in [0.5, 0.6) is 0 Å². The van der Waals surface area contributed by atoms with E-state index in [0.29, 0.717) is 0 Å². The molecule has 2 heterocycles. The number of anilines is 1. The lowest BCUT2D eigenvalue weighted by atomic mass is 10.1. The summed E-state index contributed by atoms with van der Waals surface area (Å²) in [7, 11) is 0. The number of benzene rings is 1. The van der Waals surface area contributed by atoms with Crippen LogP contribution in [0.15, 0.2) is 41.1 Å². The largest absolute Gasteiger partial charge is 0.380 e. The summed E-state index contributed by atoms with van der Waals surface area (Å²) >= 11 is 3.49. The predicted molar refractivity (Wildman–Crippen MR) is 88.7 cm³/mol. The van der Waals surface area contributed by atoms with E-state index in [0.717, 1.165) is 22.9 Å². The lowest BCUT2D eigenvalue weighted by Crippen LogP contribution is -1.98. The third-order valence-corrected chi connectivity index (χ3v) is 5.00. The van der Waals surface area contributed by atoms with Crippen LogP contribution in [-0.2, 0) is 6.54 Å². The highest BCUT2D eigenvalue weighted by atomic mass is 32.1. The van der Waals surface area contributed by atoms with Gasteiger partial charge in [-0.3, -0.25) is 0 Å². The molecule has 4 heteroatoms. The van der Waals surface area contributed by atoms with Crippen molar-refractivity contribution in [1.82, 2.24) is 4.98 Å². The van der Waals surface area contributed by atoms with Gasteiger partial charge in [-0.05, 0) is 43.0 Å². The molecule has 0 aliphatic carbocycles. The van der Waals surface area contributed by atoms with Gasteiger partial charge in [0.2, 0.25) is 0 Å². The average molecular weight is 300 g/mol. The number of nitrogens with zero attached hydrogens (tertiary/aromatic N) is 1. The van der Waals surface area contributed by atoms with Crippen LogP contribution in [0.2, 0.25) is 0 Å². The minimum Gasteiger partial charge on any atom is -0.380 e. The zero-order valence-electron chi connectivity index (χ0n) is 11.5. The van der Waals surface area contributed by atoms with Gasteiger partial charge in [-0.1, -0.05) is 12.1 Å². The van der Waals surface area contributed by atoms with Gasteiger partial charge >= 0.3 is 0 Å². The van der Waals surface area contributed by atoms with Crippen molar-refractivity contribution in [3.05, 3.63) is 56.5 Å². The number of rotatable bonds is 4. The van der Waals surface area contributed by atoms with E-state index in [1.807, 2.05) is 6.92 Å². The zero-order chi connectivity index (χ0) is 13.9. The van der Waals surface area contributed by atoms with Gasteiger partial charge < -0.3 is 5.32 Å². The fraction of sp³-hybridized carbons (Fsp3) is 0.188. The molecule has 2 aromatic heterocycles. The van der Waals surface area contributed by atoms with Gasteiger partial charge in [-0.25, -0.2) is 4.98 Å². The summed E-state index contributed by atoms with van der Waals surface area (Å²) in [6.45, 7) is 5.07. The van der Waals surface area contributed by atoms with Gasteiger partial charge in [0.25, 0.3) is 0 Å². The molecule has 20 heavy (non-hydrogen) atoms. The lowest BCUT2D eigenvalue weighted by Gasteiger charge is -2.07. The van der Waals surface area contributed by atoms with Crippen molar-refractivity contribution in [3.63, 3.8) is 0 Å². The number of aryl methyl sites for hydroxylation is 2. The van der Waals surface area contributed by atoms with E-state index in [4.69, 9.17) is 0 Å². The number of hydrogen-bond acceptors (Lipinski definition) is 4. The molecule has 2 nitrogen and oxygen atoms in total. The summed E-state index contributed by atoms with van der Waals surface area (Å²) in [5, 5.41) is 8.84. The molecule has 0 unspecified atom stereocenters. The van der Waals surface area contributed by atoms with Gasteiger partial charge in [-0.15, -0.1) is 22.7 Å². The Morgan fingerprint density at radius 3 is 2.75 bits per heavy atom. The Morgan fingerprint density at radius 1 is 1.15 bits per heavy atom. The maximum atomic E-state index is 4.54.